The number of hydrogen-bond acceptors (Lipinski definition) is 2. The Balaban J connectivity index is 1.33. The molecule has 11 aromatic carbocycles. The summed E-state index contributed by atoms with van der Waals surface area (Å²) in [4.78, 5) is 5.07. The summed E-state index contributed by atoms with van der Waals surface area (Å²) < 4.78 is 0. The van der Waals surface area contributed by atoms with E-state index in [9.17, 15) is 0 Å². The van der Waals surface area contributed by atoms with E-state index >= 15 is 0 Å². The highest BCUT2D eigenvalue weighted by molar-refractivity contribution is 6.13. The Hall–Kier alpha value is -7.68. The first-order valence-electron chi connectivity index (χ1n) is 22.8. The summed E-state index contributed by atoms with van der Waals surface area (Å²) in [6, 6.07) is 76.9. The van der Waals surface area contributed by atoms with Gasteiger partial charge in [0.25, 0.3) is 0 Å². The standard InChI is InChI=1S/C63H52N2/c1-41-33-42(2)62(43(3)34-41)50-37-56-57(60(38-50)64(52-31-29-44-17-7-9-21-48(44)35-52)58-27-15-23-46-19-11-13-25-54(46)58)39-51(63(4,5)6)40-61(56)65(53-32-30-45-18-8-10-22-49(45)36-53)59-28-16-24-47-20-12-14-26-55(47)59/h7-40H,1-6H3. The lowest BCUT2D eigenvalue weighted by Gasteiger charge is -2.33. The Morgan fingerprint density at radius 3 is 1.26 bits per heavy atom. The second kappa shape index (κ2) is 15.8. The monoisotopic (exact) mass is 836 g/mol. The molecule has 0 amide bonds. The van der Waals surface area contributed by atoms with Gasteiger partial charge in [-0.25, -0.2) is 0 Å². The van der Waals surface area contributed by atoms with Gasteiger partial charge in [-0.15, -0.1) is 0 Å². The summed E-state index contributed by atoms with van der Waals surface area (Å²) in [5.41, 5.74) is 14.1. The smallest absolute Gasteiger partial charge is 0.0547 e. The molecule has 0 N–H and O–H groups in total. The molecule has 0 unspecified atom stereocenters. The predicted octanol–water partition coefficient (Wildman–Crippen LogP) is 18.3. The molecule has 0 fully saturated rings. The van der Waals surface area contributed by atoms with Crippen molar-refractivity contribution in [2.24, 2.45) is 0 Å². The third-order valence-electron chi connectivity index (χ3n) is 13.3. The van der Waals surface area contributed by atoms with Gasteiger partial charge in [0.1, 0.15) is 0 Å². The van der Waals surface area contributed by atoms with Gasteiger partial charge in [-0.1, -0.05) is 172 Å². The Kier molecular flexibility index (Phi) is 9.78. The number of anilines is 6. The SMILES string of the molecule is Cc1cc(C)c(-c2cc(N(c3ccc4ccccc4c3)c3cccc4ccccc34)c3cc(C(C)(C)C)cc(N(c4ccc5ccccc5c4)c4cccc5ccccc45)c3c2)c(C)c1. The van der Waals surface area contributed by atoms with Crippen LogP contribution in [0.1, 0.15) is 43.0 Å². The number of fused-ring (bicyclic) bond motifs is 5. The van der Waals surface area contributed by atoms with Crippen LogP contribution in [0.25, 0.3) is 65.0 Å². The van der Waals surface area contributed by atoms with E-state index in [2.05, 4.69) is 258 Å². The lowest BCUT2D eigenvalue weighted by atomic mass is 9.83. The second-order valence-corrected chi connectivity index (χ2v) is 18.8. The molecule has 2 heteroatoms. The Bertz CT molecular complexity index is 3610. The fraction of sp³-hybridized carbons (Fsp3) is 0.111. The normalized spacial score (nSPS) is 11.8. The quantitative estimate of drug-likeness (QED) is 0.158. The van der Waals surface area contributed by atoms with Crippen molar-refractivity contribution in [2.45, 2.75) is 47.0 Å². The largest absolute Gasteiger partial charge is 0.309 e. The first kappa shape index (κ1) is 40.1. The minimum absolute atomic E-state index is 0.177. The van der Waals surface area contributed by atoms with Crippen molar-refractivity contribution in [1.29, 1.82) is 0 Å². The van der Waals surface area contributed by atoms with Gasteiger partial charge in [0.15, 0.2) is 0 Å². The maximum Gasteiger partial charge on any atom is 0.0547 e. The molecule has 11 aromatic rings. The summed E-state index contributed by atoms with van der Waals surface area (Å²) in [5.74, 6) is 0. The molecule has 0 heterocycles. The molecule has 0 aromatic heterocycles. The average Bonchev–Trinajstić information content (AvgIpc) is 3.31. The molecular weight excluding hydrogens is 785 g/mol. The first-order chi connectivity index (χ1) is 31.6. The summed E-state index contributed by atoms with van der Waals surface area (Å²) in [6.45, 7) is 13.8. The molecule has 0 aliphatic carbocycles. The van der Waals surface area contributed by atoms with E-state index in [1.54, 1.807) is 0 Å². The van der Waals surface area contributed by atoms with E-state index in [-0.39, 0.29) is 5.41 Å². The fourth-order valence-corrected chi connectivity index (χ4v) is 10.3. The second-order valence-electron chi connectivity index (χ2n) is 18.8. The molecule has 0 saturated carbocycles. The minimum atomic E-state index is -0.177. The fourth-order valence-electron chi connectivity index (χ4n) is 10.3. The summed E-state index contributed by atoms with van der Waals surface area (Å²) in [6.07, 6.45) is 0. The lowest BCUT2D eigenvalue weighted by molar-refractivity contribution is 0.591. The van der Waals surface area contributed by atoms with E-state index in [4.69, 9.17) is 0 Å². The van der Waals surface area contributed by atoms with Crippen molar-refractivity contribution in [3.63, 3.8) is 0 Å². The van der Waals surface area contributed by atoms with Gasteiger partial charge in [0, 0.05) is 32.9 Å². The van der Waals surface area contributed by atoms with Crippen LogP contribution in [0.5, 0.6) is 0 Å². The highest BCUT2D eigenvalue weighted by Crippen LogP contribution is 2.51. The maximum absolute atomic E-state index is 2.54. The summed E-state index contributed by atoms with van der Waals surface area (Å²) in [7, 11) is 0. The lowest BCUT2D eigenvalue weighted by Crippen LogP contribution is -2.17. The van der Waals surface area contributed by atoms with Crippen molar-refractivity contribution < 1.29 is 0 Å². The van der Waals surface area contributed by atoms with Gasteiger partial charge in [0.05, 0.1) is 22.7 Å². The number of aryl methyl sites for hydroxylation is 3. The average molecular weight is 837 g/mol. The van der Waals surface area contributed by atoms with Gasteiger partial charge in [0.2, 0.25) is 0 Å². The van der Waals surface area contributed by atoms with Gasteiger partial charge >= 0.3 is 0 Å². The van der Waals surface area contributed by atoms with Crippen LogP contribution in [0.4, 0.5) is 34.1 Å². The molecule has 0 bridgehead atoms. The van der Waals surface area contributed by atoms with E-state index in [0.29, 0.717) is 0 Å². The van der Waals surface area contributed by atoms with Crippen molar-refractivity contribution >= 4 is 88.0 Å². The highest BCUT2D eigenvalue weighted by Gasteiger charge is 2.27. The molecule has 0 aliphatic rings. The third-order valence-corrected chi connectivity index (χ3v) is 13.3. The first-order valence-corrected chi connectivity index (χ1v) is 22.8. The van der Waals surface area contributed by atoms with Crippen LogP contribution in [-0.2, 0) is 5.41 Å². The number of nitrogens with zero attached hydrogens (tertiary/aromatic N) is 2. The van der Waals surface area contributed by atoms with E-state index in [1.807, 2.05) is 0 Å². The molecule has 314 valence electrons. The van der Waals surface area contributed by atoms with E-state index in [1.165, 1.54) is 87.2 Å². The summed E-state index contributed by atoms with van der Waals surface area (Å²) >= 11 is 0. The topological polar surface area (TPSA) is 6.48 Å². The van der Waals surface area contributed by atoms with Gasteiger partial charge in [-0.05, 0) is 147 Å². The molecule has 0 spiro atoms. The number of benzene rings is 11. The molecule has 0 aliphatic heterocycles. The zero-order chi connectivity index (χ0) is 44.4. The van der Waals surface area contributed by atoms with Crippen LogP contribution >= 0.6 is 0 Å². The molecule has 2 nitrogen and oxygen atoms in total. The van der Waals surface area contributed by atoms with Crippen LogP contribution < -0.4 is 9.80 Å². The van der Waals surface area contributed by atoms with Crippen LogP contribution in [0.2, 0.25) is 0 Å². The predicted molar refractivity (Wildman–Crippen MR) is 282 cm³/mol. The Morgan fingerprint density at radius 2 is 0.754 bits per heavy atom. The maximum atomic E-state index is 2.54. The van der Waals surface area contributed by atoms with Crippen LogP contribution in [-0.4, -0.2) is 0 Å². The van der Waals surface area contributed by atoms with Crippen molar-refractivity contribution in [3.05, 3.63) is 229 Å². The number of rotatable bonds is 7. The van der Waals surface area contributed by atoms with Crippen LogP contribution in [0, 0.1) is 20.8 Å². The number of hydrogen-bond donors (Lipinski definition) is 0. The summed E-state index contributed by atoms with van der Waals surface area (Å²) in [5, 5.41) is 12.0. The molecule has 0 saturated heterocycles. The Morgan fingerprint density at radius 1 is 0.323 bits per heavy atom. The van der Waals surface area contributed by atoms with Crippen LogP contribution in [0.3, 0.4) is 0 Å². The zero-order valence-electron chi connectivity index (χ0n) is 38.0. The molecule has 0 atom stereocenters. The third kappa shape index (κ3) is 7.16. The van der Waals surface area contributed by atoms with Crippen molar-refractivity contribution in [1.82, 2.24) is 0 Å². The molecule has 65 heavy (non-hydrogen) atoms. The molecule has 11 rings (SSSR count). The molecular formula is C63H52N2. The van der Waals surface area contributed by atoms with Gasteiger partial charge in [-0.2, -0.15) is 0 Å². The van der Waals surface area contributed by atoms with Gasteiger partial charge in [-0.3, -0.25) is 0 Å². The molecule has 0 radical (unpaired) electrons. The van der Waals surface area contributed by atoms with E-state index in [0.717, 1.165) is 34.1 Å². The Labute approximate surface area is 382 Å². The van der Waals surface area contributed by atoms with Crippen molar-refractivity contribution in [3.8, 4) is 11.1 Å². The van der Waals surface area contributed by atoms with Gasteiger partial charge < -0.3 is 9.80 Å². The van der Waals surface area contributed by atoms with Crippen molar-refractivity contribution in [2.75, 3.05) is 9.80 Å². The highest BCUT2D eigenvalue weighted by atomic mass is 15.2. The zero-order valence-corrected chi connectivity index (χ0v) is 38.0. The minimum Gasteiger partial charge on any atom is -0.309 e. The van der Waals surface area contributed by atoms with E-state index < -0.39 is 0 Å². The van der Waals surface area contributed by atoms with Crippen LogP contribution in [0.15, 0.2) is 206 Å².